The van der Waals surface area contributed by atoms with E-state index in [4.69, 9.17) is 31.0 Å². The number of ether oxygens (including phenoxy) is 2. The summed E-state index contributed by atoms with van der Waals surface area (Å²) in [7, 11) is 0. The lowest BCUT2D eigenvalue weighted by atomic mass is 10.2. The van der Waals surface area contributed by atoms with E-state index in [0.29, 0.717) is 23.1 Å². The second-order valence-electron chi connectivity index (χ2n) is 8.31. The van der Waals surface area contributed by atoms with Gasteiger partial charge >= 0.3 is 0 Å². The van der Waals surface area contributed by atoms with Gasteiger partial charge in [0.2, 0.25) is 5.95 Å². The predicted molar refractivity (Wildman–Crippen MR) is 125 cm³/mol. The van der Waals surface area contributed by atoms with Gasteiger partial charge < -0.3 is 20.1 Å². The maximum Gasteiger partial charge on any atom is 0.225 e. The molecule has 4 rings (SSSR count). The van der Waals surface area contributed by atoms with E-state index in [0.717, 1.165) is 82.4 Å². The van der Waals surface area contributed by atoms with Crippen LogP contribution in [0, 0.1) is 0 Å². The largest absolute Gasteiger partial charge is 0.379 e. The van der Waals surface area contributed by atoms with Gasteiger partial charge in [-0.1, -0.05) is 11.6 Å². The third-order valence-corrected chi connectivity index (χ3v) is 6.35. The van der Waals surface area contributed by atoms with Crippen LogP contribution in [0.25, 0.3) is 10.9 Å². The summed E-state index contributed by atoms with van der Waals surface area (Å²) in [6, 6.07) is 6.51. The zero-order valence-corrected chi connectivity index (χ0v) is 19.2. The molecule has 2 aliphatic rings. The summed E-state index contributed by atoms with van der Waals surface area (Å²) >= 11 is 6.27. The highest BCUT2D eigenvalue weighted by Crippen LogP contribution is 2.25. The van der Waals surface area contributed by atoms with Crippen molar-refractivity contribution in [2.45, 2.75) is 25.9 Å². The second kappa shape index (κ2) is 10.7. The molecule has 31 heavy (non-hydrogen) atoms. The Bertz CT molecular complexity index is 857. The van der Waals surface area contributed by atoms with Crippen LogP contribution in [0.3, 0.4) is 0 Å². The fourth-order valence-corrected chi connectivity index (χ4v) is 4.26. The van der Waals surface area contributed by atoms with Crippen LogP contribution in [-0.4, -0.2) is 97.5 Å². The Morgan fingerprint density at radius 1 is 0.903 bits per heavy atom. The van der Waals surface area contributed by atoms with Crippen molar-refractivity contribution in [2.75, 3.05) is 76.3 Å². The van der Waals surface area contributed by atoms with Crippen LogP contribution in [0.5, 0.6) is 0 Å². The molecule has 0 amide bonds. The summed E-state index contributed by atoms with van der Waals surface area (Å²) in [5.41, 5.74) is 0.877. The summed E-state index contributed by atoms with van der Waals surface area (Å²) in [4.78, 5) is 14.4. The lowest BCUT2D eigenvalue weighted by Crippen LogP contribution is -2.45. The zero-order chi connectivity index (χ0) is 21.6. The van der Waals surface area contributed by atoms with Crippen molar-refractivity contribution in [3.63, 3.8) is 0 Å². The summed E-state index contributed by atoms with van der Waals surface area (Å²) in [6.07, 6.45) is 0. The molecule has 0 bridgehead atoms. The van der Waals surface area contributed by atoms with Gasteiger partial charge in [0.25, 0.3) is 0 Å². The van der Waals surface area contributed by atoms with E-state index < -0.39 is 0 Å². The fourth-order valence-electron chi connectivity index (χ4n) is 4.09. The van der Waals surface area contributed by atoms with Crippen LogP contribution in [0.4, 0.5) is 11.8 Å². The topological polar surface area (TPSA) is 74.8 Å². The number of halogens is 1. The number of benzene rings is 1. The number of hydrogen-bond donors (Lipinski definition) is 2. The minimum absolute atomic E-state index is 0.380. The molecule has 2 aliphatic heterocycles. The van der Waals surface area contributed by atoms with Gasteiger partial charge in [0.05, 0.1) is 31.9 Å². The van der Waals surface area contributed by atoms with Crippen LogP contribution in [0.2, 0.25) is 5.02 Å². The minimum Gasteiger partial charge on any atom is -0.379 e. The Morgan fingerprint density at radius 3 is 2.10 bits per heavy atom. The van der Waals surface area contributed by atoms with Crippen molar-refractivity contribution in [1.29, 1.82) is 0 Å². The monoisotopic (exact) mass is 448 g/mol. The molecule has 0 spiro atoms. The Labute approximate surface area is 189 Å². The molecule has 2 fully saturated rings. The fraction of sp³-hybridized carbons (Fsp3) is 0.636. The third kappa shape index (κ3) is 5.96. The summed E-state index contributed by atoms with van der Waals surface area (Å²) in [6.45, 7) is 13.1. The Morgan fingerprint density at radius 2 is 1.48 bits per heavy atom. The number of hydrogen-bond acceptors (Lipinski definition) is 8. The molecule has 3 heterocycles. The van der Waals surface area contributed by atoms with Crippen LogP contribution in [-0.2, 0) is 9.47 Å². The Balaban J connectivity index is 1.45. The van der Waals surface area contributed by atoms with Gasteiger partial charge in [-0.05, 0) is 32.0 Å². The highest BCUT2D eigenvalue weighted by molar-refractivity contribution is 6.31. The summed E-state index contributed by atoms with van der Waals surface area (Å²) in [5, 5.41) is 8.60. The van der Waals surface area contributed by atoms with Crippen molar-refractivity contribution in [3.8, 4) is 0 Å². The van der Waals surface area contributed by atoms with E-state index in [1.807, 2.05) is 18.2 Å². The maximum absolute atomic E-state index is 6.27. The smallest absolute Gasteiger partial charge is 0.225 e. The van der Waals surface area contributed by atoms with Crippen LogP contribution >= 0.6 is 11.6 Å². The summed E-state index contributed by atoms with van der Waals surface area (Å²) in [5.74, 6) is 1.45. The number of aromatic nitrogens is 2. The number of fused-ring (bicyclic) bond motifs is 1. The van der Waals surface area contributed by atoms with Crippen LogP contribution < -0.4 is 10.6 Å². The number of nitrogens with zero attached hydrogens (tertiary/aromatic N) is 4. The van der Waals surface area contributed by atoms with E-state index in [1.54, 1.807) is 0 Å². The average Bonchev–Trinajstić information content (AvgIpc) is 2.82. The molecule has 9 heteroatoms. The van der Waals surface area contributed by atoms with E-state index >= 15 is 0 Å². The molecule has 1 aromatic heterocycles. The number of morpholine rings is 2. The highest BCUT2D eigenvalue weighted by Gasteiger charge is 2.19. The first-order chi connectivity index (χ1) is 15.1. The highest BCUT2D eigenvalue weighted by atomic mass is 35.5. The zero-order valence-electron chi connectivity index (χ0n) is 18.4. The SMILES string of the molecule is CC(CNc1nc(NCC(C)N2CCOCC2)c2cc(Cl)ccc2n1)N1CCOCC1. The van der Waals surface area contributed by atoms with Gasteiger partial charge in [0.1, 0.15) is 5.82 Å². The van der Waals surface area contributed by atoms with Crippen LogP contribution in [0.15, 0.2) is 18.2 Å². The molecule has 2 aromatic rings. The predicted octanol–water partition coefficient (Wildman–Crippen LogP) is 2.55. The van der Waals surface area contributed by atoms with Crippen molar-refractivity contribution in [2.24, 2.45) is 0 Å². The second-order valence-corrected chi connectivity index (χ2v) is 8.75. The third-order valence-electron chi connectivity index (χ3n) is 6.12. The molecule has 2 saturated heterocycles. The molecular formula is C22H33ClN6O2. The van der Waals surface area contributed by atoms with Gasteiger partial charge in [0.15, 0.2) is 0 Å². The van der Waals surface area contributed by atoms with Crippen molar-refractivity contribution in [1.82, 2.24) is 19.8 Å². The molecule has 2 unspecified atom stereocenters. The van der Waals surface area contributed by atoms with Gasteiger partial charge in [-0.25, -0.2) is 4.98 Å². The Kier molecular flexibility index (Phi) is 7.79. The molecule has 0 aliphatic carbocycles. The normalized spacial score (nSPS) is 20.5. The number of anilines is 2. The molecule has 2 N–H and O–H groups in total. The van der Waals surface area contributed by atoms with Crippen molar-refractivity contribution in [3.05, 3.63) is 23.2 Å². The maximum atomic E-state index is 6.27. The first-order valence-corrected chi connectivity index (χ1v) is 11.6. The average molecular weight is 449 g/mol. The van der Waals surface area contributed by atoms with Crippen LogP contribution in [0.1, 0.15) is 13.8 Å². The molecule has 1 aromatic carbocycles. The molecule has 8 nitrogen and oxygen atoms in total. The van der Waals surface area contributed by atoms with Crippen molar-refractivity contribution < 1.29 is 9.47 Å². The number of rotatable bonds is 8. The molecule has 0 saturated carbocycles. The van der Waals surface area contributed by atoms with Gasteiger partial charge in [-0.2, -0.15) is 4.98 Å². The minimum atomic E-state index is 0.380. The van der Waals surface area contributed by atoms with E-state index in [-0.39, 0.29) is 0 Å². The van der Waals surface area contributed by atoms with Crippen molar-refractivity contribution >= 4 is 34.3 Å². The lowest BCUT2D eigenvalue weighted by Gasteiger charge is -2.32. The standard InChI is InChI=1S/C22H33ClN6O2/c1-16(28-5-9-30-10-6-28)14-24-21-19-13-18(23)3-4-20(19)26-22(27-21)25-15-17(2)29-7-11-31-12-8-29/h3-4,13,16-17H,5-12,14-15H2,1-2H3,(H2,24,25,26,27). The van der Waals surface area contributed by atoms with Gasteiger partial charge in [0, 0.05) is 61.8 Å². The van der Waals surface area contributed by atoms with Gasteiger partial charge in [-0.15, -0.1) is 0 Å². The lowest BCUT2D eigenvalue weighted by molar-refractivity contribution is 0.0227. The summed E-state index contributed by atoms with van der Waals surface area (Å²) < 4.78 is 10.9. The molecule has 0 radical (unpaired) electrons. The quantitative estimate of drug-likeness (QED) is 0.638. The molecule has 2 atom stereocenters. The van der Waals surface area contributed by atoms with E-state index in [2.05, 4.69) is 34.3 Å². The number of nitrogens with one attached hydrogen (secondary N) is 2. The van der Waals surface area contributed by atoms with E-state index in [9.17, 15) is 0 Å². The molecule has 170 valence electrons. The first kappa shape index (κ1) is 22.5. The molecular weight excluding hydrogens is 416 g/mol. The Hall–Kier alpha value is -1.71. The van der Waals surface area contributed by atoms with E-state index in [1.165, 1.54) is 0 Å². The van der Waals surface area contributed by atoms with Gasteiger partial charge in [-0.3, -0.25) is 9.80 Å². The first-order valence-electron chi connectivity index (χ1n) is 11.2.